The molecule has 2 aromatic carbocycles. The van der Waals surface area contributed by atoms with Gasteiger partial charge in [0.15, 0.2) is 0 Å². The Balaban J connectivity index is 0.00000241. The summed E-state index contributed by atoms with van der Waals surface area (Å²) < 4.78 is 0. The van der Waals surface area contributed by atoms with E-state index in [1.165, 1.54) is 74.9 Å². The maximum absolute atomic E-state index is 2.65. The van der Waals surface area contributed by atoms with E-state index in [9.17, 15) is 0 Å². The molecular formula is C32H44PRu+. The quantitative estimate of drug-likeness (QED) is 0.252. The molecule has 0 aromatic heterocycles. The van der Waals surface area contributed by atoms with Gasteiger partial charge in [0.05, 0.1) is 23.1 Å². The summed E-state index contributed by atoms with van der Waals surface area (Å²) in [5.74, 6) is 0.655. The fourth-order valence-electron chi connectivity index (χ4n) is 8.70. The molecule has 4 aliphatic carbocycles. The molecule has 0 nitrogen and oxygen atoms in total. The van der Waals surface area contributed by atoms with Crippen molar-refractivity contribution in [2.75, 3.05) is 6.16 Å². The average molecular weight is 561 g/mol. The third-order valence-corrected chi connectivity index (χ3v) is 16.8. The Bertz CT molecular complexity index is 925. The summed E-state index contributed by atoms with van der Waals surface area (Å²) in [6, 6.07) is 14.1. The first-order chi connectivity index (χ1) is 16.4. The molecule has 0 heterocycles. The second-order valence-corrected chi connectivity index (χ2v) is 16.4. The van der Waals surface area contributed by atoms with Crippen LogP contribution in [-0.4, -0.2) is 23.1 Å². The van der Waals surface area contributed by atoms with E-state index >= 15 is 0 Å². The molecule has 2 heteroatoms. The zero-order chi connectivity index (χ0) is 22.1. The fraction of sp³-hybridized carbons (Fsp3) is 0.625. The zero-order valence-corrected chi connectivity index (χ0v) is 23.7. The van der Waals surface area contributed by atoms with Crippen LogP contribution in [0, 0.1) is 0 Å². The van der Waals surface area contributed by atoms with Crippen LogP contribution in [0.5, 0.6) is 0 Å². The molecule has 3 saturated carbocycles. The molecule has 0 N–H and O–H groups in total. The van der Waals surface area contributed by atoms with Gasteiger partial charge in [0, 0.05) is 32.7 Å². The van der Waals surface area contributed by atoms with Gasteiger partial charge in [-0.05, 0) is 98.9 Å². The van der Waals surface area contributed by atoms with Gasteiger partial charge in [-0.2, -0.15) is 0 Å². The van der Waals surface area contributed by atoms with Crippen LogP contribution in [0.2, 0.25) is 0 Å². The van der Waals surface area contributed by atoms with Gasteiger partial charge in [-0.25, -0.2) is 0 Å². The van der Waals surface area contributed by atoms with Crippen LogP contribution in [-0.2, 0) is 19.5 Å². The van der Waals surface area contributed by atoms with E-state index in [0.29, 0.717) is 5.92 Å². The Kier molecular flexibility index (Phi) is 8.33. The zero-order valence-electron chi connectivity index (χ0n) is 21.0. The van der Waals surface area contributed by atoms with E-state index < -0.39 is 7.26 Å². The molecule has 0 amide bonds. The van der Waals surface area contributed by atoms with Gasteiger partial charge < -0.3 is 0 Å². The molecule has 0 aliphatic heterocycles. The molecule has 0 bridgehead atoms. The summed E-state index contributed by atoms with van der Waals surface area (Å²) >= 11 is 0. The average Bonchev–Trinajstić information content (AvgIpc) is 2.90. The third-order valence-electron chi connectivity index (χ3n) is 10.2. The summed E-state index contributed by atoms with van der Waals surface area (Å²) in [5, 5.41) is 3.03. The molecule has 0 saturated heterocycles. The Morgan fingerprint density at radius 1 is 0.618 bits per heavy atom. The molecule has 4 aliphatic rings. The largest absolute Gasteiger partial charge is 0.0728 e. The Morgan fingerprint density at radius 2 is 1.12 bits per heavy atom. The number of hydrogen-bond acceptors (Lipinski definition) is 0. The molecule has 6 rings (SSSR count). The molecule has 0 radical (unpaired) electrons. The first-order valence-electron chi connectivity index (χ1n) is 14.4. The summed E-state index contributed by atoms with van der Waals surface area (Å²) in [6.07, 6.45) is 29.7. The van der Waals surface area contributed by atoms with Gasteiger partial charge in [-0.3, -0.25) is 0 Å². The monoisotopic (exact) mass is 561 g/mol. The van der Waals surface area contributed by atoms with Crippen molar-refractivity contribution >= 4 is 24.1 Å². The molecule has 1 unspecified atom stereocenters. The molecule has 1 atom stereocenters. The summed E-state index contributed by atoms with van der Waals surface area (Å²) in [6.45, 7) is 0. The van der Waals surface area contributed by atoms with Crippen molar-refractivity contribution in [2.24, 2.45) is 0 Å². The van der Waals surface area contributed by atoms with Gasteiger partial charge in [0.1, 0.15) is 0 Å². The van der Waals surface area contributed by atoms with Crippen molar-refractivity contribution in [3.8, 4) is 0 Å². The SMILES string of the molecule is C1=CC(C[P+](C2CCCCC2)(C2CCCCC2)C2CCCCC2)c2cccc3cccc1c23.[Ru]. The third kappa shape index (κ3) is 4.63. The van der Waals surface area contributed by atoms with E-state index in [1.54, 1.807) is 49.5 Å². The second-order valence-electron chi connectivity index (χ2n) is 11.8. The fourth-order valence-corrected chi connectivity index (χ4v) is 16.4. The number of hydrogen-bond donors (Lipinski definition) is 0. The molecule has 2 aromatic rings. The van der Waals surface area contributed by atoms with Crippen LogP contribution in [0.1, 0.15) is 113 Å². The van der Waals surface area contributed by atoms with Crippen molar-refractivity contribution < 1.29 is 19.5 Å². The van der Waals surface area contributed by atoms with Gasteiger partial charge >= 0.3 is 0 Å². The van der Waals surface area contributed by atoms with Gasteiger partial charge in [0.2, 0.25) is 0 Å². The summed E-state index contributed by atoms with van der Waals surface area (Å²) in [7, 11) is -1.06. The maximum atomic E-state index is 2.65. The smallest absolute Gasteiger partial charge is 0.0706 e. The predicted molar refractivity (Wildman–Crippen MR) is 148 cm³/mol. The van der Waals surface area contributed by atoms with Crippen molar-refractivity contribution in [1.29, 1.82) is 0 Å². The predicted octanol–water partition coefficient (Wildman–Crippen LogP) is 9.96. The van der Waals surface area contributed by atoms with E-state index in [1.807, 2.05) is 0 Å². The van der Waals surface area contributed by atoms with Crippen molar-refractivity contribution in [2.45, 2.75) is 119 Å². The van der Waals surface area contributed by atoms with Crippen molar-refractivity contribution in [3.05, 3.63) is 53.6 Å². The van der Waals surface area contributed by atoms with E-state index in [4.69, 9.17) is 0 Å². The minimum Gasteiger partial charge on any atom is -0.0728 e. The van der Waals surface area contributed by atoms with E-state index in [0.717, 1.165) is 17.0 Å². The van der Waals surface area contributed by atoms with Gasteiger partial charge in [0.25, 0.3) is 0 Å². The summed E-state index contributed by atoms with van der Waals surface area (Å²) in [4.78, 5) is 0. The molecule has 34 heavy (non-hydrogen) atoms. The topological polar surface area (TPSA) is 0 Å². The molecule has 184 valence electrons. The van der Waals surface area contributed by atoms with Crippen LogP contribution in [0.3, 0.4) is 0 Å². The second kappa shape index (κ2) is 11.3. The Hall–Kier alpha value is -0.507. The standard InChI is InChI=1S/C32H44P.Ru/c1-4-15-28(16-5-1)33(29-17-6-2-7-18-29,30-19-8-3-9-20-30)24-27-23-22-26-13-10-12-25-14-11-21-31(27)32(25)26;/h10-14,21-23,27-30H,1-9,15-20,24H2;/q+1;. The summed E-state index contributed by atoms with van der Waals surface area (Å²) in [5.41, 5.74) is 6.38. The van der Waals surface area contributed by atoms with Crippen LogP contribution in [0.15, 0.2) is 42.5 Å². The maximum Gasteiger partial charge on any atom is 0.0706 e. The van der Waals surface area contributed by atoms with Crippen molar-refractivity contribution in [1.82, 2.24) is 0 Å². The van der Waals surface area contributed by atoms with Crippen molar-refractivity contribution in [3.63, 3.8) is 0 Å². The number of rotatable bonds is 5. The molecular weight excluding hydrogens is 516 g/mol. The Morgan fingerprint density at radius 3 is 1.65 bits per heavy atom. The van der Waals surface area contributed by atoms with Crippen LogP contribution in [0.4, 0.5) is 0 Å². The number of benzene rings is 2. The van der Waals surface area contributed by atoms with Crippen LogP contribution < -0.4 is 0 Å². The molecule has 0 spiro atoms. The number of allylic oxidation sites excluding steroid dienone is 1. The first-order valence-corrected chi connectivity index (χ1v) is 16.6. The van der Waals surface area contributed by atoms with Gasteiger partial charge in [-0.1, -0.05) is 67.8 Å². The minimum atomic E-state index is -1.06. The van der Waals surface area contributed by atoms with Crippen LogP contribution in [0.25, 0.3) is 16.8 Å². The van der Waals surface area contributed by atoms with E-state index in [2.05, 4.69) is 48.6 Å². The van der Waals surface area contributed by atoms with Crippen LogP contribution >= 0.6 is 7.26 Å². The van der Waals surface area contributed by atoms with Gasteiger partial charge in [-0.15, -0.1) is 0 Å². The minimum absolute atomic E-state index is 0. The Labute approximate surface area is 221 Å². The molecule has 3 fully saturated rings. The normalized spacial score (nSPS) is 24.8. The van der Waals surface area contributed by atoms with E-state index in [-0.39, 0.29) is 19.5 Å². The first kappa shape index (κ1) is 25.2.